The molecule has 0 radical (unpaired) electrons. The summed E-state index contributed by atoms with van der Waals surface area (Å²) in [7, 11) is 4.19. The SMILES string of the molecule is COc1c(O)c(OC)c2c(c1OC)OC(c1ccccc1)CC2=O. The maximum atomic E-state index is 12.7. The Morgan fingerprint density at radius 3 is 2.21 bits per heavy atom. The molecular weight excluding hydrogens is 312 g/mol. The van der Waals surface area contributed by atoms with Gasteiger partial charge in [0, 0.05) is 0 Å². The van der Waals surface area contributed by atoms with Crippen molar-refractivity contribution >= 4 is 5.78 Å². The van der Waals surface area contributed by atoms with Crippen LogP contribution >= 0.6 is 0 Å². The number of Topliss-reactive ketones (excluding diaryl/α,β-unsaturated/α-hetero) is 1. The molecule has 2 aromatic carbocycles. The molecule has 3 rings (SSSR count). The number of phenolic OH excluding ortho intramolecular Hbond substituents is 1. The first-order valence-electron chi connectivity index (χ1n) is 7.42. The summed E-state index contributed by atoms with van der Waals surface area (Å²) in [4.78, 5) is 12.7. The van der Waals surface area contributed by atoms with Gasteiger partial charge in [-0.3, -0.25) is 4.79 Å². The molecular formula is C18H18O6. The standard InChI is InChI=1S/C18H18O6/c1-21-15-13-11(19)9-12(10-7-5-4-6-8-10)24-16(13)18(23-3)17(22-2)14(15)20/h4-8,12,20H,9H2,1-3H3. The lowest BCUT2D eigenvalue weighted by molar-refractivity contribution is 0.0833. The fourth-order valence-electron chi connectivity index (χ4n) is 2.90. The smallest absolute Gasteiger partial charge is 0.211 e. The first-order chi connectivity index (χ1) is 11.6. The molecule has 1 aliphatic rings. The fourth-order valence-corrected chi connectivity index (χ4v) is 2.90. The summed E-state index contributed by atoms with van der Waals surface area (Å²) >= 11 is 0. The summed E-state index contributed by atoms with van der Waals surface area (Å²) in [6, 6.07) is 9.45. The van der Waals surface area contributed by atoms with Crippen LogP contribution in [0.3, 0.4) is 0 Å². The second-order valence-corrected chi connectivity index (χ2v) is 5.30. The number of hydrogen-bond acceptors (Lipinski definition) is 6. The molecule has 1 aliphatic heterocycles. The Morgan fingerprint density at radius 1 is 1.00 bits per heavy atom. The molecule has 1 atom stereocenters. The van der Waals surface area contributed by atoms with E-state index in [1.165, 1.54) is 21.3 Å². The second-order valence-electron chi connectivity index (χ2n) is 5.30. The molecule has 126 valence electrons. The third kappa shape index (κ3) is 2.40. The van der Waals surface area contributed by atoms with Crippen LogP contribution in [0.15, 0.2) is 30.3 Å². The van der Waals surface area contributed by atoms with Crippen LogP contribution in [0.5, 0.6) is 28.7 Å². The summed E-state index contributed by atoms with van der Waals surface area (Å²) in [6.45, 7) is 0. The second kappa shape index (κ2) is 6.31. The average Bonchev–Trinajstić information content (AvgIpc) is 2.61. The Hall–Kier alpha value is -2.89. The van der Waals surface area contributed by atoms with Crippen molar-refractivity contribution in [3.05, 3.63) is 41.5 Å². The van der Waals surface area contributed by atoms with E-state index in [2.05, 4.69) is 0 Å². The average molecular weight is 330 g/mol. The van der Waals surface area contributed by atoms with Gasteiger partial charge in [0.05, 0.1) is 27.8 Å². The van der Waals surface area contributed by atoms with Gasteiger partial charge in [0.2, 0.25) is 17.2 Å². The van der Waals surface area contributed by atoms with Crippen LogP contribution in [-0.4, -0.2) is 32.2 Å². The van der Waals surface area contributed by atoms with E-state index in [9.17, 15) is 9.90 Å². The van der Waals surface area contributed by atoms with Crippen LogP contribution in [0.25, 0.3) is 0 Å². The predicted octanol–water partition coefficient (Wildman–Crippen LogP) is 3.12. The lowest BCUT2D eigenvalue weighted by Crippen LogP contribution is -2.22. The number of rotatable bonds is 4. The minimum Gasteiger partial charge on any atom is -0.502 e. The molecule has 0 saturated carbocycles. The first kappa shape index (κ1) is 16.0. The van der Waals surface area contributed by atoms with Gasteiger partial charge in [0.15, 0.2) is 17.3 Å². The molecule has 2 aromatic rings. The lowest BCUT2D eigenvalue weighted by atomic mass is 9.94. The van der Waals surface area contributed by atoms with E-state index in [0.717, 1.165) is 5.56 Å². The van der Waals surface area contributed by atoms with E-state index in [1.54, 1.807) is 0 Å². The summed E-state index contributed by atoms with van der Waals surface area (Å²) < 4.78 is 21.8. The molecule has 1 unspecified atom stereocenters. The fraction of sp³-hybridized carbons (Fsp3) is 0.278. The molecule has 1 N–H and O–H groups in total. The van der Waals surface area contributed by atoms with Gasteiger partial charge in [-0.05, 0) is 5.56 Å². The number of ketones is 1. The van der Waals surface area contributed by atoms with Crippen molar-refractivity contribution < 1.29 is 28.8 Å². The van der Waals surface area contributed by atoms with Gasteiger partial charge in [-0.1, -0.05) is 30.3 Å². The van der Waals surface area contributed by atoms with Crippen LogP contribution in [0.1, 0.15) is 28.4 Å². The molecule has 24 heavy (non-hydrogen) atoms. The number of phenols is 1. The van der Waals surface area contributed by atoms with Crippen LogP contribution in [-0.2, 0) is 0 Å². The number of fused-ring (bicyclic) bond motifs is 1. The Bertz CT molecular complexity index is 769. The number of carbonyl (C=O) groups excluding carboxylic acids is 1. The number of hydrogen-bond donors (Lipinski definition) is 1. The van der Waals surface area contributed by atoms with Crippen LogP contribution in [0.4, 0.5) is 0 Å². The molecule has 0 aliphatic carbocycles. The van der Waals surface area contributed by atoms with Crippen molar-refractivity contribution in [2.75, 3.05) is 21.3 Å². The molecule has 6 nitrogen and oxygen atoms in total. The number of benzene rings is 2. The summed E-state index contributed by atoms with van der Waals surface area (Å²) in [5.74, 6) is -0.00780. The summed E-state index contributed by atoms with van der Waals surface area (Å²) in [5.41, 5.74) is 1.05. The van der Waals surface area contributed by atoms with Crippen molar-refractivity contribution in [1.82, 2.24) is 0 Å². The highest BCUT2D eigenvalue weighted by Crippen LogP contribution is 2.55. The van der Waals surface area contributed by atoms with E-state index in [-0.39, 0.29) is 46.5 Å². The monoisotopic (exact) mass is 330 g/mol. The van der Waals surface area contributed by atoms with Crippen LogP contribution in [0.2, 0.25) is 0 Å². The minimum atomic E-state index is -0.445. The van der Waals surface area contributed by atoms with E-state index in [1.807, 2.05) is 30.3 Å². The highest BCUT2D eigenvalue weighted by atomic mass is 16.5. The van der Waals surface area contributed by atoms with Gasteiger partial charge >= 0.3 is 0 Å². The van der Waals surface area contributed by atoms with Gasteiger partial charge in [-0.2, -0.15) is 0 Å². The molecule has 0 saturated heterocycles. The minimum absolute atomic E-state index is 0.0270. The predicted molar refractivity (Wildman–Crippen MR) is 86.5 cm³/mol. The molecule has 0 bridgehead atoms. The summed E-state index contributed by atoms with van der Waals surface area (Å²) in [5, 5.41) is 10.3. The van der Waals surface area contributed by atoms with Crippen LogP contribution in [0, 0.1) is 0 Å². The quantitative estimate of drug-likeness (QED) is 0.928. The van der Waals surface area contributed by atoms with E-state index in [4.69, 9.17) is 18.9 Å². The van der Waals surface area contributed by atoms with Gasteiger partial charge in [-0.15, -0.1) is 0 Å². The Balaban J connectivity index is 2.19. The molecule has 0 amide bonds. The molecule has 0 fully saturated rings. The molecule has 0 spiro atoms. The maximum Gasteiger partial charge on any atom is 0.211 e. The largest absolute Gasteiger partial charge is 0.502 e. The Morgan fingerprint density at radius 2 is 1.62 bits per heavy atom. The van der Waals surface area contributed by atoms with E-state index < -0.39 is 6.10 Å². The normalized spacial score (nSPS) is 16.1. The molecule has 0 aromatic heterocycles. The number of ether oxygens (including phenoxy) is 4. The topological polar surface area (TPSA) is 74.2 Å². The molecule has 1 heterocycles. The summed E-state index contributed by atoms with van der Waals surface area (Å²) in [6.07, 6.45) is -0.304. The number of carbonyl (C=O) groups is 1. The van der Waals surface area contributed by atoms with Gasteiger partial charge in [0.1, 0.15) is 11.7 Å². The van der Waals surface area contributed by atoms with Crippen LogP contribution < -0.4 is 18.9 Å². The third-order valence-electron chi connectivity index (χ3n) is 3.99. The zero-order valence-corrected chi connectivity index (χ0v) is 13.7. The van der Waals surface area contributed by atoms with Gasteiger partial charge in [-0.25, -0.2) is 0 Å². The number of aromatic hydroxyl groups is 1. The lowest BCUT2D eigenvalue weighted by Gasteiger charge is -2.29. The van der Waals surface area contributed by atoms with E-state index in [0.29, 0.717) is 0 Å². The van der Waals surface area contributed by atoms with E-state index >= 15 is 0 Å². The highest BCUT2D eigenvalue weighted by Gasteiger charge is 2.37. The van der Waals surface area contributed by atoms with Gasteiger partial charge in [0.25, 0.3) is 0 Å². The number of methoxy groups -OCH3 is 3. The van der Waals surface area contributed by atoms with Crippen molar-refractivity contribution in [2.24, 2.45) is 0 Å². The third-order valence-corrected chi connectivity index (χ3v) is 3.99. The Labute approximate surface area is 139 Å². The van der Waals surface area contributed by atoms with Gasteiger partial charge < -0.3 is 24.1 Å². The Kier molecular flexibility index (Phi) is 4.20. The zero-order valence-electron chi connectivity index (χ0n) is 13.7. The van der Waals surface area contributed by atoms with Crippen molar-refractivity contribution in [3.63, 3.8) is 0 Å². The maximum absolute atomic E-state index is 12.7. The zero-order chi connectivity index (χ0) is 17.3. The van der Waals surface area contributed by atoms with Crippen molar-refractivity contribution in [2.45, 2.75) is 12.5 Å². The van der Waals surface area contributed by atoms with Crippen molar-refractivity contribution in [1.29, 1.82) is 0 Å². The first-order valence-corrected chi connectivity index (χ1v) is 7.42. The molecule has 6 heteroatoms. The van der Waals surface area contributed by atoms with Crippen molar-refractivity contribution in [3.8, 4) is 28.7 Å². The highest BCUT2D eigenvalue weighted by molar-refractivity contribution is 6.05.